The van der Waals surface area contributed by atoms with Gasteiger partial charge in [-0.05, 0) is 45.9 Å². The molecule has 0 amide bonds. The summed E-state index contributed by atoms with van der Waals surface area (Å²) in [5, 5.41) is 3.71. The van der Waals surface area contributed by atoms with E-state index in [1.165, 1.54) is 0 Å². The van der Waals surface area contributed by atoms with Crippen LogP contribution in [0.15, 0.2) is 35.0 Å². The molecule has 1 unspecified atom stereocenters. The average Bonchev–Trinajstić information content (AvgIpc) is 3.14. The number of carbonyl (C=O) groups is 1. The third-order valence-corrected chi connectivity index (χ3v) is 4.01. The van der Waals surface area contributed by atoms with Crippen LogP contribution in [0, 0.1) is 20.8 Å². The molecule has 0 spiro atoms. The van der Waals surface area contributed by atoms with E-state index in [2.05, 4.69) is 15.1 Å². The van der Waals surface area contributed by atoms with Gasteiger partial charge in [0.1, 0.15) is 0 Å². The molecule has 0 aliphatic rings. The van der Waals surface area contributed by atoms with Gasteiger partial charge in [-0.15, -0.1) is 0 Å². The summed E-state index contributed by atoms with van der Waals surface area (Å²) < 4.78 is 12.6. The lowest BCUT2D eigenvalue weighted by Crippen LogP contribution is -2.11. The minimum Gasteiger partial charge on any atom is -0.449 e. The van der Waals surface area contributed by atoms with E-state index in [0.29, 0.717) is 17.9 Å². The Kier molecular flexibility index (Phi) is 4.65. The van der Waals surface area contributed by atoms with Gasteiger partial charge in [0.15, 0.2) is 11.9 Å². The zero-order valence-electron chi connectivity index (χ0n) is 14.7. The smallest absolute Gasteiger partial charge is 0.340 e. The minimum atomic E-state index is -0.604. The van der Waals surface area contributed by atoms with Crippen LogP contribution in [-0.4, -0.2) is 25.7 Å². The molecular weight excluding hydrogens is 320 g/mol. The Labute approximate surface area is 145 Å². The van der Waals surface area contributed by atoms with Gasteiger partial charge >= 0.3 is 5.97 Å². The lowest BCUT2D eigenvalue weighted by molar-refractivity contribution is 0.0264. The fourth-order valence-electron chi connectivity index (χ4n) is 2.66. The Morgan fingerprint density at radius 1 is 1.32 bits per heavy atom. The topological polar surface area (TPSA) is 83.0 Å². The van der Waals surface area contributed by atoms with Crippen LogP contribution < -0.4 is 0 Å². The van der Waals surface area contributed by atoms with Gasteiger partial charge in [-0.2, -0.15) is 4.98 Å². The van der Waals surface area contributed by atoms with Crippen molar-refractivity contribution >= 4 is 5.97 Å². The summed E-state index contributed by atoms with van der Waals surface area (Å²) in [4.78, 5) is 21.0. The first-order valence-corrected chi connectivity index (χ1v) is 8.03. The second-order valence-electron chi connectivity index (χ2n) is 5.92. The molecule has 1 atom stereocenters. The number of hydrogen-bond acceptors (Lipinski definition) is 6. The number of ether oxygens (including phenoxy) is 1. The van der Waals surface area contributed by atoms with Gasteiger partial charge in [0.05, 0.1) is 17.8 Å². The second kappa shape index (κ2) is 6.88. The van der Waals surface area contributed by atoms with E-state index in [1.54, 1.807) is 20.0 Å². The van der Waals surface area contributed by atoms with Crippen molar-refractivity contribution in [1.29, 1.82) is 0 Å². The molecule has 0 saturated carbocycles. The Bertz CT molecular complexity index is 883. The summed E-state index contributed by atoms with van der Waals surface area (Å²) in [5.41, 5.74) is 3.26. The summed E-state index contributed by atoms with van der Waals surface area (Å²) in [5.74, 6) is 0.378. The molecule has 0 aliphatic carbocycles. The van der Waals surface area contributed by atoms with Crippen LogP contribution >= 0.6 is 0 Å². The molecule has 7 heteroatoms. The molecule has 0 saturated heterocycles. The summed E-state index contributed by atoms with van der Waals surface area (Å²) in [6.45, 7) is 7.88. The molecule has 25 heavy (non-hydrogen) atoms. The Hall–Kier alpha value is -2.96. The molecule has 0 aliphatic heterocycles. The Morgan fingerprint density at radius 3 is 2.76 bits per heavy atom. The van der Waals surface area contributed by atoms with E-state index >= 15 is 0 Å². The molecule has 3 rings (SSSR count). The lowest BCUT2D eigenvalue weighted by atomic mass is 10.2. The standard InChI is InChI=1S/C18H20N4O3/c1-11-9-16(12(2)22(11)10-15-7-5-6-8-19-15)18(23)24-13(3)17-20-14(4)21-25-17/h5-9,13H,10H2,1-4H3. The first-order chi connectivity index (χ1) is 12.0. The highest BCUT2D eigenvalue weighted by molar-refractivity contribution is 5.91. The third kappa shape index (κ3) is 3.60. The average molecular weight is 340 g/mol. The van der Waals surface area contributed by atoms with Crippen molar-refractivity contribution in [2.45, 2.75) is 40.3 Å². The maximum atomic E-state index is 12.5. The van der Waals surface area contributed by atoms with Crippen molar-refractivity contribution in [2.75, 3.05) is 0 Å². The molecule has 0 radical (unpaired) electrons. The number of aryl methyl sites for hydroxylation is 2. The fraction of sp³-hybridized carbons (Fsp3) is 0.333. The van der Waals surface area contributed by atoms with Crippen LogP contribution in [0.5, 0.6) is 0 Å². The maximum Gasteiger partial charge on any atom is 0.340 e. The van der Waals surface area contributed by atoms with Gasteiger partial charge in [0.25, 0.3) is 5.89 Å². The number of carbonyl (C=O) groups excluding carboxylic acids is 1. The van der Waals surface area contributed by atoms with Crippen LogP contribution in [0.3, 0.4) is 0 Å². The number of esters is 1. The molecule has 0 N–H and O–H groups in total. The maximum absolute atomic E-state index is 12.5. The molecule has 0 fully saturated rings. The Morgan fingerprint density at radius 2 is 2.12 bits per heavy atom. The summed E-state index contributed by atoms with van der Waals surface area (Å²) in [6, 6.07) is 7.60. The molecule has 7 nitrogen and oxygen atoms in total. The highest BCUT2D eigenvalue weighted by Gasteiger charge is 2.22. The third-order valence-electron chi connectivity index (χ3n) is 4.01. The van der Waals surface area contributed by atoms with Gasteiger partial charge in [-0.25, -0.2) is 4.79 Å². The number of pyridine rings is 1. The molecule has 3 aromatic heterocycles. The number of nitrogens with zero attached hydrogens (tertiary/aromatic N) is 4. The predicted molar refractivity (Wildman–Crippen MR) is 90.1 cm³/mol. The number of hydrogen-bond donors (Lipinski definition) is 0. The number of rotatable bonds is 5. The van der Waals surface area contributed by atoms with Gasteiger partial charge in [-0.1, -0.05) is 11.2 Å². The van der Waals surface area contributed by atoms with Gasteiger partial charge in [-0.3, -0.25) is 4.98 Å². The first kappa shape index (κ1) is 16.9. The molecule has 130 valence electrons. The van der Waals surface area contributed by atoms with Crippen LogP contribution in [0.2, 0.25) is 0 Å². The van der Waals surface area contributed by atoms with Crippen LogP contribution in [0.25, 0.3) is 0 Å². The zero-order valence-corrected chi connectivity index (χ0v) is 14.7. The molecule has 3 aromatic rings. The summed E-state index contributed by atoms with van der Waals surface area (Å²) >= 11 is 0. The van der Waals surface area contributed by atoms with Crippen molar-refractivity contribution in [3.63, 3.8) is 0 Å². The Balaban J connectivity index is 1.78. The fourth-order valence-corrected chi connectivity index (χ4v) is 2.66. The molecule has 0 bridgehead atoms. The molecule has 0 aromatic carbocycles. The molecular formula is C18H20N4O3. The second-order valence-corrected chi connectivity index (χ2v) is 5.92. The van der Waals surface area contributed by atoms with Gasteiger partial charge in [0, 0.05) is 17.6 Å². The highest BCUT2D eigenvalue weighted by Crippen LogP contribution is 2.21. The zero-order chi connectivity index (χ0) is 18.0. The SMILES string of the molecule is Cc1noc(C(C)OC(=O)c2cc(C)n(Cc3ccccn3)c2C)n1. The van der Waals surface area contributed by atoms with E-state index in [4.69, 9.17) is 9.26 Å². The van der Waals surface area contributed by atoms with E-state index in [-0.39, 0.29) is 5.89 Å². The highest BCUT2D eigenvalue weighted by atomic mass is 16.6. The van der Waals surface area contributed by atoms with Crippen molar-refractivity contribution < 1.29 is 14.1 Å². The van der Waals surface area contributed by atoms with E-state index in [1.807, 2.05) is 42.7 Å². The van der Waals surface area contributed by atoms with Crippen LogP contribution in [0.1, 0.15) is 52.2 Å². The largest absolute Gasteiger partial charge is 0.449 e. The van der Waals surface area contributed by atoms with Gasteiger partial charge < -0.3 is 13.8 Å². The van der Waals surface area contributed by atoms with E-state index in [9.17, 15) is 4.79 Å². The van der Waals surface area contributed by atoms with E-state index in [0.717, 1.165) is 17.1 Å². The summed E-state index contributed by atoms with van der Waals surface area (Å²) in [7, 11) is 0. The van der Waals surface area contributed by atoms with Crippen molar-refractivity contribution in [2.24, 2.45) is 0 Å². The number of aromatic nitrogens is 4. The molecule has 3 heterocycles. The van der Waals surface area contributed by atoms with Crippen molar-refractivity contribution in [1.82, 2.24) is 19.7 Å². The lowest BCUT2D eigenvalue weighted by Gasteiger charge is -2.11. The minimum absolute atomic E-state index is 0.285. The van der Waals surface area contributed by atoms with Crippen molar-refractivity contribution in [3.8, 4) is 0 Å². The summed E-state index contributed by atoms with van der Waals surface area (Å²) in [6.07, 6.45) is 1.15. The van der Waals surface area contributed by atoms with Gasteiger partial charge in [0.2, 0.25) is 0 Å². The van der Waals surface area contributed by atoms with Crippen LogP contribution in [-0.2, 0) is 11.3 Å². The predicted octanol–water partition coefficient (Wildman–Crippen LogP) is 3.16. The quantitative estimate of drug-likeness (QED) is 0.664. The monoisotopic (exact) mass is 340 g/mol. The first-order valence-electron chi connectivity index (χ1n) is 8.03. The van der Waals surface area contributed by atoms with Crippen molar-refractivity contribution in [3.05, 3.63) is 64.8 Å². The van der Waals surface area contributed by atoms with Crippen LogP contribution in [0.4, 0.5) is 0 Å². The normalized spacial score (nSPS) is 12.2. The van der Waals surface area contributed by atoms with E-state index < -0.39 is 12.1 Å².